The van der Waals surface area contributed by atoms with Crippen molar-refractivity contribution in [2.24, 2.45) is 11.3 Å². The first-order valence-electron chi connectivity index (χ1n) is 8.06. The molecule has 1 fully saturated rings. The highest BCUT2D eigenvalue weighted by atomic mass is 16.3. The Hall–Kier alpha value is -0.120. The van der Waals surface area contributed by atoms with Crippen LogP contribution in [0.3, 0.4) is 0 Å². The molecule has 0 spiro atoms. The van der Waals surface area contributed by atoms with Crippen molar-refractivity contribution in [1.82, 2.24) is 4.90 Å². The van der Waals surface area contributed by atoms with Crippen LogP contribution >= 0.6 is 0 Å². The lowest BCUT2D eigenvalue weighted by Gasteiger charge is -2.43. The van der Waals surface area contributed by atoms with E-state index in [9.17, 15) is 10.2 Å². The zero-order valence-electron chi connectivity index (χ0n) is 13.1. The Morgan fingerprint density at radius 2 is 1.74 bits per heavy atom. The molecule has 0 aromatic carbocycles. The second kappa shape index (κ2) is 8.23. The van der Waals surface area contributed by atoms with Crippen molar-refractivity contribution >= 4 is 0 Å². The minimum absolute atomic E-state index is 0.0737. The van der Waals surface area contributed by atoms with Crippen LogP contribution in [0.15, 0.2) is 0 Å². The summed E-state index contributed by atoms with van der Waals surface area (Å²) in [5.74, 6) is 0.805. The summed E-state index contributed by atoms with van der Waals surface area (Å²) in [6, 6.07) is 0.537. The van der Waals surface area contributed by atoms with Crippen molar-refractivity contribution in [3.05, 3.63) is 0 Å². The van der Waals surface area contributed by atoms with Crippen LogP contribution in [0.25, 0.3) is 0 Å². The summed E-state index contributed by atoms with van der Waals surface area (Å²) < 4.78 is 0. The van der Waals surface area contributed by atoms with E-state index >= 15 is 0 Å². The van der Waals surface area contributed by atoms with Gasteiger partial charge < -0.3 is 10.2 Å². The summed E-state index contributed by atoms with van der Waals surface area (Å²) in [5, 5.41) is 19.2. The van der Waals surface area contributed by atoms with E-state index in [0.29, 0.717) is 12.6 Å². The summed E-state index contributed by atoms with van der Waals surface area (Å²) in [5.41, 5.74) is 0.0737. The standard InChI is InChI=1S/C16H33NO2/c1-4-15(5-2)17(10-11-18)12-16(13-19)8-6-14(3)7-9-16/h14-15,18-19H,4-13H2,1-3H3. The third kappa shape index (κ3) is 4.73. The van der Waals surface area contributed by atoms with Gasteiger partial charge in [-0.25, -0.2) is 0 Å². The third-order valence-corrected chi connectivity index (χ3v) is 5.05. The molecular formula is C16H33NO2. The van der Waals surface area contributed by atoms with E-state index in [2.05, 4.69) is 25.7 Å². The molecule has 0 saturated heterocycles. The number of nitrogens with zero attached hydrogens (tertiary/aromatic N) is 1. The van der Waals surface area contributed by atoms with Crippen molar-refractivity contribution in [3.63, 3.8) is 0 Å². The van der Waals surface area contributed by atoms with Gasteiger partial charge in [-0.05, 0) is 31.6 Å². The minimum Gasteiger partial charge on any atom is -0.396 e. The molecule has 1 aliphatic carbocycles. The van der Waals surface area contributed by atoms with E-state index in [-0.39, 0.29) is 12.0 Å². The maximum atomic E-state index is 9.88. The van der Waals surface area contributed by atoms with Gasteiger partial charge in [0.25, 0.3) is 0 Å². The lowest BCUT2D eigenvalue weighted by molar-refractivity contribution is 0.00836. The first-order chi connectivity index (χ1) is 9.10. The molecule has 0 amide bonds. The molecule has 19 heavy (non-hydrogen) atoms. The molecule has 0 aromatic heterocycles. The number of aliphatic hydroxyl groups is 2. The maximum absolute atomic E-state index is 9.88. The quantitative estimate of drug-likeness (QED) is 0.713. The number of hydrogen-bond donors (Lipinski definition) is 2. The average molecular weight is 271 g/mol. The smallest absolute Gasteiger partial charge is 0.0558 e. The zero-order valence-corrected chi connectivity index (χ0v) is 13.1. The fourth-order valence-electron chi connectivity index (χ4n) is 3.50. The predicted molar refractivity (Wildman–Crippen MR) is 80.2 cm³/mol. The Morgan fingerprint density at radius 1 is 1.16 bits per heavy atom. The van der Waals surface area contributed by atoms with Gasteiger partial charge >= 0.3 is 0 Å². The van der Waals surface area contributed by atoms with Gasteiger partial charge in [0, 0.05) is 31.2 Å². The number of aliphatic hydroxyl groups excluding tert-OH is 2. The van der Waals surface area contributed by atoms with Gasteiger partial charge in [-0.15, -0.1) is 0 Å². The van der Waals surface area contributed by atoms with Crippen LogP contribution in [-0.2, 0) is 0 Å². The molecular weight excluding hydrogens is 238 g/mol. The Kier molecular flexibility index (Phi) is 7.33. The topological polar surface area (TPSA) is 43.7 Å². The van der Waals surface area contributed by atoms with Crippen molar-refractivity contribution < 1.29 is 10.2 Å². The highest BCUT2D eigenvalue weighted by Crippen LogP contribution is 2.39. The summed E-state index contributed by atoms with van der Waals surface area (Å²) in [6.07, 6.45) is 6.97. The molecule has 0 aromatic rings. The summed E-state index contributed by atoms with van der Waals surface area (Å²) >= 11 is 0. The normalized spacial score (nSPS) is 28.3. The SMILES string of the molecule is CCC(CC)N(CCO)CC1(CO)CCC(C)CC1. The summed E-state index contributed by atoms with van der Waals surface area (Å²) in [6.45, 7) is 8.94. The molecule has 0 unspecified atom stereocenters. The molecule has 3 heteroatoms. The van der Waals surface area contributed by atoms with Gasteiger partial charge in [-0.2, -0.15) is 0 Å². The monoisotopic (exact) mass is 271 g/mol. The van der Waals surface area contributed by atoms with E-state index in [0.717, 1.165) is 44.7 Å². The molecule has 114 valence electrons. The molecule has 2 N–H and O–H groups in total. The maximum Gasteiger partial charge on any atom is 0.0558 e. The average Bonchev–Trinajstić information content (AvgIpc) is 2.43. The molecule has 0 radical (unpaired) electrons. The van der Waals surface area contributed by atoms with Gasteiger partial charge in [0.1, 0.15) is 0 Å². The van der Waals surface area contributed by atoms with E-state index in [4.69, 9.17) is 0 Å². The summed E-state index contributed by atoms with van der Waals surface area (Å²) in [7, 11) is 0. The second-order valence-electron chi connectivity index (χ2n) is 6.51. The van der Waals surface area contributed by atoms with Crippen molar-refractivity contribution in [3.8, 4) is 0 Å². The van der Waals surface area contributed by atoms with Gasteiger partial charge in [-0.3, -0.25) is 4.90 Å². The molecule has 0 aliphatic heterocycles. The molecule has 0 heterocycles. The van der Waals surface area contributed by atoms with Gasteiger partial charge in [0.05, 0.1) is 6.61 Å². The minimum atomic E-state index is 0.0737. The molecule has 0 bridgehead atoms. The number of rotatable bonds is 8. The highest BCUT2D eigenvalue weighted by molar-refractivity contribution is 4.88. The first kappa shape index (κ1) is 16.9. The van der Waals surface area contributed by atoms with Crippen molar-refractivity contribution in [2.45, 2.75) is 65.3 Å². The zero-order chi connectivity index (χ0) is 14.3. The second-order valence-corrected chi connectivity index (χ2v) is 6.51. The van der Waals surface area contributed by atoms with Crippen LogP contribution < -0.4 is 0 Å². The van der Waals surface area contributed by atoms with Crippen LogP contribution in [0, 0.1) is 11.3 Å². The van der Waals surface area contributed by atoms with Crippen LogP contribution in [-0.4, -0.2) is 47.5 Å². The molecule has 1 saturated carbocycles. The Morgan fingerprint density at radius 3 is 2.16 bits per heavy atom. The van der Waals surface area contributed by atoms with Crippen LogP contribution in [0.5, 0.6) is 0 Å². The molecule has 0 atom stereocenters. The van der Waals surface area contributed by atoms with Crippen molar-refractivity contribution in [2.75, 3.05) is 26.3 Å². The predicted octanol–water partition coefficient (Wildman–Crippen LogP) is 2.66. The van der Waals surface area contributed by atoms with Gasteiger partial charge in [0.15, 0.2) is 0 Å². The Bertz CT molecular complexity index is 233. The van der Waals surface area contributed by atoms with Gasteiger partial charge in [0.2, 0.25) is 0 Å². The molecule has 3 nitrogen and oxygen atoms in total. The van der Waals surface area contributed by atoms with E-state index < -0.39 is 0 Å². The van der Waals surface area contributed by atoms with Crippen LogP contribution in [0.4, 0.5) is 0 Å². The van der Waals surface area contributed by atoms with Crippen LogP contribution in [0.2, 0.25) is 0 Å². The molecule has 1 rings (SSSR count). The Labute approximate surface area is 119 Å². The highest BCUT2D eigenvalue weighted by Gasteiger charge is 2.36. The fourth-order valence-corrected chi connectivity index (χ4v) is 3.50. The Balaban J connectivity index is 2.69. The van der Waals surface area contributed by atoms with Gasteiger partial charge in [-0.1, -0.05) is 33.6 Å². The van der Waals surface area contributed by atoms with E-state index in [1.165, 1.54) is 12.8 Å². The van der Waals surface area contributed by atoms with Crippen LogP contribution in [0.1, 0.15) is 59.3 Å². The van der Waals surface area contributed by atoms with E-state index in [1.54, 1.807) is 0 Å². The first-order valence-corrected chi connectivity index (χ1v) is 8.06. The summed E-state index contributed by atoms with van der Waals surface area (Å²) in [4.78, 5) is 2.41. The lowest BCUT2D eigenvalue weighted by atomic mass is 9.71. The lowest BCUT2D eigenvalue weighted by Crippen LogP contribution is -2.47. The van der Waals surface area contributed by atoms with E-state index in [1.807, 2.05) is 0 Å². The van der Waals surface area contributed by atoms with Crippen molar-refractivity contribution in [1.29, 1.82) is 0 Å². The molecule has 1 aliphatic rings. The third-order valence-electron chi connectivity index (χ3n) is 5.05. The number of hydrogen-bond acceptors (Lipinski definition) is 3. The largest absolute Gasteiger partial charge is 0.396 e. The fraction of sp³-hybridized carbons (Fsp3) is 1.00.